The van der Waals surface area contributed by atoms with Gasteiger partial charge >= 0.3 is 11.8 Å². The van der Waals surface area contributed by atoms with Gasteiger partial charge in [-0.2, -0.15) is 0 Å². The number of aromatic nitrogens is 2. The minimum absolute atomic E-state index is 0.0630. The average Bonchev–Trinajstić information content (AvgIpc) is 2.76. The van der Waals surface area contributed by atoms with Crippen molar-refractivity contribution < 1.29 is 9.59 Å². The molecule has 1 aromatic carbocycles. The highest BCUT2D eigenvalue weighted by atomic mass is 16.2. The van der Waals surface area contributed by atoms with Gasteiger partial charge in [0.05, 0.1) is 35.4 Å². The zero-order valence-electron chi connectivity index (χ0n) is 17.0. The molecule has 0 aliphatic carbocycles. The summed E-state index contributed by atoms with van der Waals surface area (Å²) in [5, 5.41) is 9.88. The van der Waals surface area contributed by atoms with E-state index in [1.165, 1.54) is 11.1 Å². The first-order valence-corrected chi connectivity index (χ1v) is 9.50. The van der Waals surface area contributed by atoms with E-state index in [9.17, 15) is 9.59 Å². The lowest BCUT2D eigenvalue weighted by Gasteiger charge is -2.22. The van der Waals surface area contributed by atoms with Gasteiger partial charge in [-0.15, -0.1) is 0 Å². The Bertz CT molecular complexity index is 1120. The summed E-state index contributed by atoms with van der Waals surface area (Å²) in [4.78, 5) is 35.5. The van der Waals surface area contributed by atoms with Crippen LogP contribution in [0.2, 0.25) is 0 Å². The van der Waals surface area contributed by atoms with Crippen molar-refractivity contribution in [1.29, 1.82) is 5.41 Å². The summed E-state index contributed by atoms with van der Waals surface area (Å²) in [6, 6.07) is 14.9. The Morgan fingerprint density at radius 1 is 1.10 bits per heavy atom. The van der Waals surface area contributed by atoms with Crippen molar-refractivity contribution in [3.63, 3.8) is 0 Å². The van der Waals surface area contributed by atoms with Gasteiger partial charge in [-0.05, 0) is 24.6 Å². The third-order valence-electron chi connectivity index (χ3n) is 4.58. The number of hydrogen-bond donors (Lipinski definition) is 4. The van der Waals surface area contributed by atoms with Crippen LogP contribution in [0.25, 0.3) is 0 Å². The van der Waals surface area contributed by atoms with Crippen molar-refractivity contribution in [1.82, 2.24) is 14.9 Å². The number of amides is 2. The van der Waals surface area contributed by atoms with Gasteiger partial charge in [-0.25, -0.2) is 4.98 Å². The van der Waals surface area contributed by atoms with Gasteiger partial charge in [0.1, 0.15) is 5.82 Å². The first kappa shape index (κ1) is 21.4. The van der Waals surface area contributed by atoms with Crippen LogP contribution in [0.15, 0.2) is 54.7 Å². The summed E-state index contributed by atoms with van der Waals surface area (Å²) in [6.45, 7) is 2.24. The summed E-state index contributed by atoms with van der Waals surface area (Å²) in [5.74, 6) is -1.56. The summed E-state index contributed by atoms with van der Waals surface area (Å²) < 4.78 is 0. The number of nitrogens with zero attached hydrogens (tertiary/aromatic N) is 3. The van der Waals surface area contributed by atoms with Gasteiger partial charge in [0.2, 0.25) is 0 Å². The summed E-state index contributed by atoms with van der Waals surface area (Å²) >= 11 is 0. The number of hydrogen-bond acceptors (Lipinski definition) is 7. The van der Waals surface area contributed by atoms with E-state index in [0.717, 1.165) is 17.5 Å². The number of aryl methyl sites for hydroxylation is 1. The van der Waals surface area contributed by atoms with Gasteiger partial charge in [0.25, 0.3) is 0 Å². The zero-order valence-corrected chi connectivity index (χ0v) is 17.0. The molecule has 0 aliphatic rings. The van der Waals surface area contributed by atoms with Gasteiger partial charge in [0, 0.05) is 18.5 Å². The van der Waals surface area contributed by atoms with E-state index >= 15 is 0 Å². The third kappa shape index (κ3) is 5.21. The number of nitrogens with two attached hydrogens (primary N) is 2. The van der Waals surface area contributed by atoms with E-state index in [0.29, 0.717) is 5.69 Å². The average molecular weight is 417 g/mol. The predicted molar refractivity (Wildman–Crippen MR) is 119 cm³/mol. The summed E-state index contributed by atoms with van der Waals surface area (Å²) in [6.07, 6.45) is 2.20. The van der Waals surface area contributed by atoms with Crippen molar-refractivity contribution in [2.75, 3.05) is 16.8 Å². The van der Waals surface area contributed by atoms with Crippen LogP contribution in [-0.4, -0.2) is 32.9 Å². The van der Waals surface area contributed by atoms with Crippen molar-refractivity contribution >= 4 is 35.2 Å². The molecule has 0 bridgehead atoms. The number of benzene rings is 1. The largest absolute Gasteiger partial charge is 0.396 e. The van der Waals surface area contributed by atoms with Crippen molar-refractivity contribution in [2.45, 2.75) is 20.0 Å². The molecule has 9 heteroatoms. The standard InChI is InChI=1S/C22H23N7O2/c1-14-6-5-9-16(27-14)13-29(12-15-7-3-2-4-8-15)22(31)21(30)28-18-11-26-20(25)17(10-23)19(18)24/h2-11,23H,12-13H2,1H3,(H,28,30)(H4,24,25,26). The molecule has 2 aromatic heterocycles. The van der Waals surface area contributed by atoms with Crippen LogP contribution in [0.3, 0.4) is 0 Å². The summed E-state index contributed by atoms with van der Waals surface area (Å²) in [7, 11) is 0. The van der Waals surface area contributed by atoms with Gasteiger partial charge in [-0.1, -0.05) is 36.4 Å². The molecule has 0 fully saturated rings. The van der Waals surface area contributed by atoms with E-state index in [-0.39, 0.29) is 35.8 Å². The minimum Gasteiger partial charge on any atom is -0.396 e. The number of pyridine rings is 2. The fourth-order valence-corrected chi connectivity index (χ4v) is 3.01. The molecule has 0 spiro atoms. The molecule has 31 heavy (non-hydrogen) atoms. The molecule has 0 atom stereocenters. The Morgan fingerprint density at radius 3 is 2.52 bits per heavy atom. The van der Waals surface area contributed by atoms with E-state index in [1.807, 2.05) is 49.4 Å². The van der Waals surface area contributed by atoms with E-state index < -0.39 is 11.8 Å². The molecule has 0 aliphatic heterocycles. The number of nitrogen functional groups attached to an aromatic ring is 2. The van der Waals surface area contributed by atoms with E-state index in [1.54, 1.807) is 6.07 Å². The maximum Gasteiger partial charge on any atom is 0.314 e. The maximum atomic E-state index is 13.0. The van der Waals surface area contributed by atoms with Crippen molar-refractivity contribution in [3.05, 3.63) is 77.2 Å². The molecule has 2 amide bonds. The predicted octanol–water partition coefficient (Wildman–Crippen LogP) is 2.11. The molecular weight excluding hydrogens is 394 g/mol. The van der Waals surface area contributed by atoms with Crippen LogP contribution in [0, 0.1) is 12.3 Å². The zero-order chi connectivity index (χ0) is 22.4. The van der Waals surface area contributed by atoms with Crippen LogP contribution >= 0.6 is 0 Å². The Labute approximate surface area is 179 Å². The quantitative estimate of drug-likeness (QED) is 0.356. The van der Waals surface area contributed by atoms with Gasteiger partial charge < -0.3 is 27.1 Å². The Morgan fingerprint density at radius 2 is 1.84 bits per heavy atom. The Hall–Kier alpha value is -4.27. The number of carbonyl (C=O) groups is 2. The number of carbonyl (C=O) groups excluding carboxylic acids is 2. The lowest BCUT2D eigenvalue weighted by Crippen LogP contribution is -2.39. The second-order valence-electron chi connectivity index (χ2n) is 6.90. The molecule has 3 aromatic rings. The fraction of sp³-hybridized carbons (Fsp3) is 0.136. The van der Waals surface area contributed by atoms with Crippen LogP contribution < -0.4 is 16.8 Å². The molecule has 6 N–H and O–H groups in total. The monoisotopic (exact) mass is 417 g/mol. The number of rotatable bonds is 6. The first-order valence-electron chi connectivity index (χ1n) is 9.50. The molecule has 0 saturated heterocycles. The number of anilines is 3. The SMILES string of the molecule is Cc1cccc(CN(Cc2ccccc2)C(=O)C(=O)Nc2cnc(N)c(C=N)c2N)n1. The molecule has 0 saturated carbocycles. The highest BCUT2D eigenvalue weighted by Crippen LogP contribution is 2.24. The van der Waals surface area contributed by atoms with Crippen LogP contribution in [-0.2, 0) is 22.7 Å². The van der Waals surface area contributed by atoms with Crippen molar-refractivity contribution in [2.24, 2.45) is 0 Å². The molecule has 0 radical (unpaired) electrons. The molecule has 9 nitrogen and oxygen atoms in total. The highest BCUT2D eigenvalue weighted by molar-refractivity contribution is 6.39. The van der Waals surface area contributed by atoms with Crippen LogP contribution in [0.4, 0.5) is 17.2 Å². The first-order chi connectivity index (χ1) is 14.9. The van der Waals surface area contributed by atoms with Gasteiger partial charge in [0.15, 0.2) is 0 Å². The second kappa shape index (κ2) is 9.49. The third-order valence-corrected chi connectivity index (χ3v) is 4.58. The Balaban J connectivity index is 1.84. The van der Waals surface area contributed by atoms with E-state index in [2.05, 4.69) is 15.3 Å². The van der Waals surface area contributed by atoms with Crippen LogP contribution in [0.5, 0.6) is 0 Å². The lowest BCUT2D eigenvalue weighted by molar-refractivity contribution is -0.144. The lowest BCUT2D eigenvalue weighted by atomic mass is 10.2. The Kier molecular flexibility index (Phi) is 6.56. The smallest absolute Gasteiger partial charge is 0.314 e. The normalized spacial score (nSPS) is 10.4. The molecule has 2 heterocycles. The second-order valence-corrected chi connectivity index (χ2v) is 6.90. The number of nitrogens with one attached hydrogen (secondary N) is 2. The molecule has 3 rings (SSSR count). The van der Waals surface area contributed by atoms with Crippen molar-refractivity contribution in [3.8, 4) is 0 Å². The fourth-order valence-electron chi connectivity index (χ4n) is 3.01. The maximum absolute atomic E-state index is 13.0. The van der Waals surface area contributed by atoms with Gasteiger partial charge in [-0.3, -0.25) is 14.6 Å². The highest BCUT2D eigenvalue weighted by Gasteiger charge is 2.24. The minimum atomic E-state index is -0.877. The molecule has 158 valence electrons. The topological polar surface area (TPSA) is 151 Å². The van der Waals surface area contributed by atoms with E-state index in [4.69, 9.17) is 16.9 Å². The van der Waals surface area contributed by atoms with Crippen LogP contribution in [0.1, 0.15) is 22.5 Å². The molecule has 0 unspecified atom stereocenters. The summed E-state index contributed by atoms with van der Waals surface area (Å²) in [5.41, 5.74) is 14.4. The molecular formula is C22H23N7O2.